The van der Waals surface area contributed by atoms with Crippen LogP contribution >= 0.6 is 0 Å². The van der Waals surface area contributed by atoms with Gasteiger partial charge in [0.25, 0.3) is 0 Å². The van der Waals surface area contributed by atoms with Crippen LogP contribution < -0.4 is 10.6 Å². The molecule has 2 rings (SSSR count). The molecule has 2 N–H and O–H groups in total. The third-order valence-corrected chi connectivity index (χ3v) is 5.13. The lowest BCUT2D eigenvalue weighted by Crippen LogP contribution is -2.34. The summed E-state index contributed by atoms with van der Waals surface area (Å²) in [7, 11) is 0. The first-order valence-corrected chi connectivity index (χ1v) is 11.3. The third kappa shape index (κ3) is 8.83. The average Bonchev–Trinajstić information content (AvgIpc) is 2.72. The first kappa shape index (κ1) is 25.6. The molecule has 1 unspecified atom stereocenters. The SMILES string of the molecule is CC(C)(C)CC(OCCCNC(=O)Nc1ccc(C(=O)c2ccccc2)cc1)C(C)(C)C. The molecule has 2 aromatic carbocycles. The normalized spacial score (nSPS) is 12.8. The smallest absolute Gasteiger partial charge is 0.319 e. The summed E-state index contributed by atoms with van der Waals surface area (Å²) in [5, 5.41) is 5.66. The summed E-state index contributed by atoms with van der Waals surface area (Å²) in [6.45, 7) is 14.4. The molecular formula is C27H38N2O3. The van der Waals surface area contributed by atoms with Crippen LogP contribution in [-0.4, -0.2) is 31.1 Å². The van der Waals surface area contributed by atoms with Crippen molar-refractivity contribution >= 4 is 17.5 Å². The Bertz CT molecular complexity index is 863. The Morgan fingerprint density at radius 2 is 1.47 bits per heavy atom. The van der Waals surface area contributed by atoms with Gasteiger partial charge in [-0.1, -0.05) is 71.9 Å². The highest BCUT2D eigenvalue weighted by Crippen LogP contribution is 2.32. The largest absolute Gasteiger partial charge is 0.378 e. The Kier molecular flexibility index (Phi) is 9.02. The van der Waals surface area contributed by atoms with Crippen LogP contribution in [0.5, 0.6) is 0 Å². The van der Waals surface area contributed by atoms with Crippen molar-refractivity contribution in [3.63, 3.8) is 0 Å². The Balaban J connectivity index is 1.74. The zero-order valence-electron chi connectivity index (χ0n) is 20.3. The second kappa shape index (κ2) is 11.3. The van der Waals surface area contributed by atoms with Crippen molar-refractivity contribution in [3.05, 3.63) is 65.7 Å². The molecule has 0 radical (unpaired) electrons. The van der Waals surface area contributed by atoms with E-state index in [2.05, 4.69) is 52.2 Å². The lowest BCUT2D eigenvalue weighted by atomic mass is 9.78. The number of nitrogens with one attached hydrogen (secondary N) is 2. The standard InChI is InChI=1S/C27H38N2O3/c1-26(2,3)19-23(27(4,5)6)32-18-10-17-28-25(31)29-22-15-13-21(14-16-22)24(30)20-11-8-7-9-12-20/h7-9,11-16,23H,10,17-19H2,1-6H3,(H2,28,29,31). The fourth-order valence-corrected chi connectivity index (χ4v) is 3.31. The van der Waals surface area contributed by atoms with Crippen molar-refractivity contribution in [2.24, 2.45) is 10.8 Å². The van der Waals surface area contributed by atoms with Crippen LogP contribution in [-0.2, 0) is 4.74 Å². The van der Waals surface area contributed by atoms with E-state index in [1.165, 1.54) is 0 Å². The number of rotatable bonds is 9. The van der Waals surface area contributed by atoms with Gasteiger partial charge in [0, 0.05) is 30.0 Å². The summed E-state index contributed by atoms with van der Waals surface area (Å²) in [4.78, 5) is 24.6. The molecule has 174 valence electrons. The number of benzene rings is 2. The minimum atomic E-state index is -0.269. The Hall–Kier alpha value is -2.66. The first-order valence-electron chi connectivity index (χ1n) is 11.3. The highest BCUT2D eigenvalue weighted by atomic mass is 16.5. The molecule has 2 aromatic rings. The van der Waals surface area contributed by atoms with Gasteiger partial charge in [-0.25, -0.2) is 4.79 Å². The van der Waals surface area contributed by atoms with Crippen molar-refractivity contribution in [1.82, 2.24) is 5.32 Å². The maximum absolute atomic E-state index is 12.5. The molecule has 0 spiro atoms. The summed E-state index contributed by atoms with van der Waals surface area (Å²) >= 11 is 0. The topological polar surface area (TPSA) is 67.4 Å². The van der Waals surface area contributed by atoms with E-state index in [9.17, 15) is 9.59 Å². The highest BCUT2D eigenvalue weighted by molar-refractivity contribution is 6.09. The second-order valence-corrected chi connectivity index (χ2v) is 10.5. The molecule has 0 aromatic heterocycles. The molecule has 0 aliphatic carbocycles. The van der Waals surface area contributed by atoms with E-state index >= 15 is 0 Å². The van der Waals surface area contributed by atoms with Crippen LogP contribution in [0.3, 0.4) is 0 Å². The Morgan fingerprint density at radius 1 is 0.875 bits per heavy atom. The van der Waals surface area contributed by atoms with E-state index in [0.717, 1.165) is 12.8 Å². The van der Waals surface area contributed by atoms with Crippen molar-refractivity contribution in [3.8, 4) is 0 Å². The predicted molar refractivity (Wildman–Crippen MR) is 131 cm³/mol. The molecule has 1 atom stereocenters. The van der Waals surface area contributed by atoms with E-state index in [4.69, 9.17) is 4.74 Å². The van der Waals surface area contributed by atoms with E-state index in [-0.39, 0.29) is 28.7 Å². The molecule has 0 aliphatic rings. The molecule has 0 heterocycles. The first-order chi connectivity index (χ1) is 15.0. The fourth-order valence-electron chi connectivity index (χ4n) is 3.31. The molecule has 5 nitrogen and oxygen atoms in total. The average molecular weight is 439 g/mol. The van der Waals surface area contributed by atoms with Gasteiger partial charge in [-0.05, 0) is 47.9 Å². The minimum Gasteiger partial charge on any atom is -0.378 e. The number of amides is 2. The van der Waals surface area contributed by atoms with Crippen LogP contribution in [0.25, 0.3) is 0 Å². The van der Waals surface area contributed by atoms with Crippen molar-refractivity contribution in [2.45, 2.75) is 60.5 Å². The molecule has 32 heavy (non-hydrogen) atoms. The predicted octanol–water partition coefficient (Wildman–Crippen LogP) is 6.30. The van der Waals surface area contributed by atoms with E-state index < -0.39 is 0 Å². The lowest BCUT2D eigenvalue weighted by Gasteiger charge is -2.35. The second-order valence-electron chi connectivity index (χ2n) is 10.5. The van der Waals surface area contributed by atoms with Crippen LogP contribution in [0.1, 0.15) is 70.3 Å². The van der Waals surface area contributed by atoms with Crippen LogP contribution in [0.2, 0.25) is 0 Å². The molecule has 0 aliphatic heterocycles. The summed E-state index contributed by atoms with van der Waals surface area (Å²) in [5.41, 5.74) is 2.15. The number of urea groups is 1. The maximum atomic E-state index is 12.5. The summed E-state index contributed by atoms with van der Waals surface area (Å²) in [5.74, 6) is -0.0402. The highest BCUT2D eigenvalue weighted by Gasteiger charge is 2.29. The number of ketones is 1. The molecule has 0 saturated heterocycles. The Morgan fingerprint density at radius 3 is 2.03 bits per heavy atom. The Labute approximate surface area is 192 Å². The van der Waals surface area contributed by atoms with E-state index in [0.29, 0.717) is 30.0 Å². The number of ether oxygens (including phenoxy) is 1. The van der Waals surface area contributed by atoms with Gasteiger partial charge in [0.2, 0.25) is 0 Å². The van der Waals surface area contributed by atoms with Crippen LogP contribution in [0.4, 0.5) is 10.5 Å². The lowest BCUT2D eigenvalue weighted by molar-refractivity contribution is -0.0407. The van der Waals surface area contributed by atoms with Gasteiger partial charge in [0.1, 0.15) is 0 Å². The van der Waals surface area contributed by atoms with Gasteiger partial charge >= 0.3 is 6.03 Å². The van der Waals surface area contributed by atoms with Crippen molar-refractivity contribution in [2.75, 3.05) is 18.5 Å². The summed E-state index contributed by atoms with van der Waals surface area (Å²) < 4.78 is 6.15. The van der Waals surface area contributed by atoms with E-state index in [1.54, 1.807) is 36.4 Å². The number of carbonyl (C=O) groups excluding carboxylic acids is 2. The minimum absolute atomic E-state index is 0.0402. The zero-order chi connectivity index (χ0) is 23.8. The number of hydrogen-bond acceptors (Lipinski definition) is 3. The van der Waals surface area contributed by atoms with Crippen LogP contribution in [0.15, 0.2) is 54.6 Å². The van der Waals surface area contributed by atoms with Gasteiger partial charge in [-0.15, -0.1) is 0 Å². The number of hydrogen-bond donors (Lipinski definition) is 2. The van der Waals surface area contributed by atoms with Crippen molar-refractivity contribution in [1.29, 1.82) is 0 Å². The third-order valence-electron chi connectivity index (χ3n) is 5.13. The van der Waals surface area contributed by atoms with Gasteiger partial charge in [-0.2, -0.15) is 0 Å². The molecular weight excluding hydrogens is 400 g/mol. The van der Waals surface area contributed by atoms with Gasteiger partial charge < -0.3 is 15.4 Å². The molecule has 5 heteroatoms. The quantitative estimate of drug-likeness (QED) is 0.357. The van der Waals surface area contributed by atoms with Gasteiger partial charge in [0.15, 0.2) is 5.78 Å². The van der Waals surface area contributed by atoms with Crippen LogP contribution in [0, 0.1) is 10.8 Å². The fraction of sp³-hybridized carbons (Fsp3) is 0.481. The maximum Gasteiger partial charge on any atom is 0.319 e. The zero-order valence-corrected chi connectivity index (χ0v) is 20.3. The summed E-state index contributed by atoms with van der Waals surface area (Å²) in [6.07, 6.45) is 1.91. The van der Waals surface area contributed by atoms with Gasteiger partial charge in [0.05, 0.1) is 6.10 Å². The molecule has 0 fully saturated rings. The monoisotopic (exact) mass is 438 g/mol. The van der Waals surface area contributed by atoms with Gasteiger partial charge in [-0.3, -0.25) is 4.79 Å². The molecule has 0 saturated carbocycles. The molecule has 0 bridgehead atoms. The number of carbonyl (C=O) groups is 2. The summed E-state index contributed by atoms with van der Waals surface area (Å²) in [6, 6.07) is 15.8. The number of anilines is 1. The van der Waals surface area contributed by atoms with Crippen molar-refractivity contribution < 1.29 is 14.3 Å². The molecule has 2 amide bonds. The van der Waals surface area contributed by atoms with E-state index in [1.807, 2.05) is 18.2 Å².